The number of H-pyrrole nitrogens is 1. The average molecular weight is 187 g/mol. The van der Waals surface area contributed by atoms with Crippen molar-refractivity contribution < 1.29 is 4.57 Å². The number of aromatic amines is 1. The van der Waals surface area contributed by atoms with E-state index in [-0.39, 0.29) is 0 Å². The van der Waals surface area contributed by atoms with Gasteiger partial charge in [0.1, 0.15) is 17.9 Å². The standard InChI is InChI=1S/C12H14N2/c1-10-11(2)14(9-13-10)8-12-6-4-3-5-7-12/h3-7,9H,8H2,1-2H3/p+1. The average Bonchev–Trinajstić information content (AvgIpc) is 2.52. The lowest BCUT2D eigenvalue weighted by Crippen LogP contribution is -2.34. The molecule has 14 heavy (non-hydrogen) atoms. The number of aromatic nitrogens is 2. The summed E-state index contributed by atoms with van der Waals surface area (Å²) in [6.45, 7) is 5.17. The maximum Gasteiger partial charge on any atom is 0.242 e. The predicted octanol–water partition coefficient (Wildman–Crippen LogP) is 1.97. The Bertz CT molecular complexity index is 415. The van der Waals surface area contributed by atoms with Gasteiger partial charge in [0.05, 0.1) is 0 Å². The highest BCUT2D eigenvalue weighted by molar-refractivity contribution is 5.13. The van der Waals surface area contributed by atoms with E-state index in [1.807, 2.05) is 12.4 Å². The monoisotopic (exact) mass is 187 g/mol. The summed E-state index contributed by atoms with van der Waals surface area (Å²) in [5, 5.41) is 0. The van der Waals surface area contributed by atoms with Crippen molar-refractivity contribution in [2.24, 2.45) is 0 Å². The van der Waals surface area contributed by atoms with Crippen molar-refractivity contribution in [3.05, 3.63) is 53.6 Å². The molecular formula is C12H15N2+. The molecule has 72 valence electrons. The Kier molecular flexibility index (Phi) is 2.35. The molecule has 0 bridgehead atoms. The van der Waals surface area contributed by atoms with E-state index >= 15 is 0 Å². The van der Waals surface area contributed by atoms with Crippen molar-refractivity contribution in [3.63, 3.8) is 0 Å². The van der Waals surface area contributed by atoms with Crippen molar-refractivity contribution in [1.29, 1.82) is 0 Å². The molecule has 0 saturated carbocycles. The van der Waals surface area contributed by atoms with Gasteiger partial charge in [0.25, 0.3) is 0 Å². The molecule has 0 aliphatic heterocycles. The summed E-state index contributed by atoms with van der Waals surface area (Å²) in [6.07, 6.45) is 2.03. The molecule has 0 amide bonds. The maximum atomic E-state index is 3.22. The van der Waals surface area contributed by atoms with Crippen LogP contribution < -0.4 is 4.57 Å². The van der Waals surface area contributed by atoms with Crippen LogP contribution in [0.15, 0.2) is 36.7 Å². The molecular weight excluding hydrogens is 172 g/mol. The molecule has 0 unspecified atom stereocenters. The summed E-state index contributed by atoms with van der Waals surface area (Å²) in [7, 11) is 0. The normalized spacial score (nSPS) is 10.4. The van der Waals surface area contributed by atoms with Crippen molar-refractivity contribution in [3.8, 4) is 0 Å². The zero-order valence-corrected chi connectivity index (χ0v) is 8.62. The number of hydrogen-bond donors (Lipinski definition) is 1. The van der Waals surface area contributed by atoms with Crippen LogP contribution in [0.5, 0.6) is 0 Å². The van der Waals surface area contributed by atoms with Gasteiger partial charge in [-0.25, -0.2) is 9.55 Å². The molecule has 0 atom stereocenters. The smallest absolute Gasteiger partial charge is 0.242 e. The van der Waals surface area contributed by atoms with Gasteiger partial charge >= 0.3 is 0 Å². The van der Waals surface area contributed by atoms with Crippen LogP contribution in [0.4, 0.5) is 0 Å². The highest BCUT2D eigenvalue weighted by Gasteiger charge is 2.08. The van der Waals surface area contributed by atoms with Crippen molar-refractivity contribution >= 4 is 0 Å². The third-order valence-electron chi connectivity index (χ3n) is 2.61. The molecule has 0 aliphatic rings. The summed E-state index contributed by atoms with van der Waals surface area (Å²) in [5.74, 6) is 0. The van der Waals surface area contributed by atoms with Crippen LogP contribution in [0.3, 0.4) is 0 Å². The van der Waals surface area contributed by atoms with E-state index in [1.54, 1.807) is 0 Å². The fourth-order valence-corrected chi connectivity index (χ4v) is 1.54. The fraction of sp³-hybridized carbons (Fsp3) is 0.250. The lowest BCUT2D eigenvalue weighted by Gasteiger charge is -1.98. The molecule has 0 fully saturated rings. The molecule has 0 aliphatic carbocycles. The summed E-state index contributed by atoms with van der Waals surface area (Å²) in [6, 6.07) is 10.5. The van der Waals surface area contributed by atoms with Gasteiger partial charge in [-0.15, -0.1) is 0 Å². The zero-order valence-electron chi connectivity index (χ0n) is 8.62. The SMILES string of the molecule is Cc1[nH]c[n+](Cc2ccccc2)c1C. The minimum Gasteiger partial charge on any atom is -0.248 e. The highest BCUT2D eigenvalue weighted by Crippen LogP contribution is 2.00. The number of imidazole rings is 1. The van der Waals surface area contributed by atoms with Crippen molar-refractivity contribution in [1.82, 2.24) is 4.98 Å². The molecule has 2 nitrogen and oxygen atoms in total. The molecule has 0 radical (unpaired) electrons. The number of nitrogens with one attached hydrogen (secondary N) is 1. The maximum absolute atomic E-state index is 3.22. The van der Waals surface area contributed by atoms with Gasteiger partial charge in [0.2, 0.25) is 6.33 Å². The topological polar surface area (TPSA) is 19.7 Å². The van der Waals surface area contributed by atoms with Gasteiger partial charge < -0.3 is 0 Å². The number of rotatable bonds is 2. The highest BCUT2D eigenvalue weighted by atomic mass is 15.0. The van der Waals surface area contributed by atoms with E-state index < -0.39 is 0 Å². The van der Waals surface area contributed by atoms with Gasteiger partial charge in [0.15, 0.2) is 0 Å². The summed E-state index contributed by atoms with van der Waals surface area (Å²) in [5.41, 5.74) is 3.87. The molecule has 1 aromatic heterocycles. The molecule has 0 spiro atoms. The first-order valence-electron chi connectivity index (χ1n) is 4.85. The van der Waals surface area contributed by atoms with Gasteiger partial charge in [-0.3, -0.25) is 0 Å². The summed E-state index contributed by atoms with van der Waals surface area (Å²) in [4.78, 5) is 3.22. The number of aryl methyl sites for hydroxylation is 1. The summed E-state index contributed by atoms with van der Waals surface area (Å²) < 4.78 is 2.23. The lowest BCUT2D eigenvalue weighted by atomic mass is 10.2. The van der Waals surface area contributed by atoms with Gasteiger partial charge in [-0.05, 0) is 5.56 Å². The van der Waals surface area contributed by atoms with Crippen LogP contribution in [0, 0.1) is 13.8 Å². The van der Waals surface area contributed by atoms with Crippen LogP contribution in [0.25, 0.3) is 0 Å². The van der Waals surface area contributed by atoms with Crippen LogP contribution in [0.2, 0.25) is 0 Å². The Labute approximate surface area is 84.2 Å². The Morgan fingerprint density at radius 2 is 1.86 bits per heavy atom. The molecule has 0 saturated heterocycles. The molecule has 1 heterocycles. The second-order valence-corrected chi connectivity index (χ2v) is 3.60. The molecule has 1 N–H and O–H groups in total. The number of nitrogens with zero attached hydrogens (tertiary/aromatic N) is 1. The van der Waals surface area contributed by atoms with E-state index in [4.69, 9.17) is 0 Å². The van der Waals surface area contributed by atoms with E-state index in [1.165, 1.54) is 17.0 Å². The largest absolute Gasteiger partial charge is 0.248 e. The Balaban J connectivity index is 2.23. The van der Waals surface area contributed by atoms with Gasteiger partial charge in [-0.1, -0.05) is 30.3 Å². The molecule has 2 rings (SSSR count). The first kappa shape index (κ1) is 9.00. The Morgan fingerprint density at radius 1 is 1.14 bits per heavy atom. The van der Waals surface area contributed by atoms with Gasteiger partial charge in [-0.2, -0.15) is 0 Å². The van der Waals surface area contributed by atoms with Crippen molar-refractivity contribution in [2.75, 3.05) is 0 Å². The molecule has 2 aromatic rings. The molecule has 2 heteroatoms. The third-order valence-corrected chi connectivity index (χ3v) is 2.61. The quantitative estimate of drug-likeness (QED) is 0.693. The van der Waals surface area contributed by atoms with Crippen molar-refractivity contribution in [2.45, 2.75) is 20.4 Å². The zero-order chi connectivity index (χ0) is 9.97. The van der Waals surface area contributed by atoms with Crippen LogP contribution >= 0.6 is 0 Å². The van der Waals surface area contributed by atoms with Gasteiger partial charge in [0, 0.05) is 13.8 Å². The van der Waals surface area contributed by atoms with E-state index in [9.17, 15) is 0 Å². The second-order valence-electron chi connectivity index (χ2n) is 3.60. The van der Waals surface area contributed by atoms with Crippen LogP contribution in [-0.4, -0.2) is 4.98 Å². The Hall–Kier alpha value is -1.57. The second kappa shape index (κ2) is 3.66. The lowest BCUT2D eigenvalue weighted by molar-refractivity contribution is -0.692. The first-order valence-corrected chi connectivity index (χ1v) is 4.85. The minimum atomic E-state index is 0.941. The van der Waals surface area contributed by atoms with E-state index in [0.29, 0.717) is 0 Å². The third kappa shape index (κ3) is 1.69. The predicted molar refractivity (Wildman–Crippen MR) is 56.0 cm³/mol. The van der Waals surface area contributed by atoms with Crippen LogP contribution in [0.1, 0.15) is 17.0 Å². The van der Waals surface area contributed by atoms with Crippen LogP contribution in [-0.2, 0) is 6.54 Å². The van der Waals surface area contributed by atoms with E-state index in [0.717, 1.165) is 6.54 Å². The fourth-order valence-electron chi connectivity index (χ4n) is 1.54. The minimum absolute atomic E-state index is 0.941. The summed E-state index contributed by atoms with van der Waals surface area (Å²) >= 11 is 0. The first-order chi connectivity index (χ1) is 6.77. The Morgan fingerprint density at radius 3 is 2.43 bits per heavy atom. The molecule has 1 aromatic carbocycles. The number of hydrogen-bond acceptors (Lipinski definition) is 0. The van der Waals surface area contributed by atoms with E-state index in [2.05, 4.69) is 47.7 Å². The number of benzene rings is 1.